The summed E-state index contributed by atoms with van der Waals surface area (Å²) < 4.78 is 39.0. The second kappa shape index (κ2) is 6.46. The van der Waals surface area contributed by atoms with E-state index >= 15 is 0 Å². The van der Waals surface area contributed by atoms with Gasteiger partial charge in [0.1, 0.15) is 6.54 Å². The van der Waals surface area contributed by atoms with Crippen LogP contribution in [0.4, 0.5) is 13.2 Å². The Morgan fingerprint density at radius 1 is 1.27 bits per heavy atom. The number of carbonyl (C=O) groups excluding carboxylic acids is 1. The van der Waals surface area contributed by atoms with E-state index in [0.717, 1.165) is 0 Å². The maximum Gasteiger partial charge on any atom is 0.406 e. The summed E-state index contributed by atoms with van der Waals surface area (Å²) in [6.07, 6.45) is -1.69. The fourth-order valence-electron chi connectivity index (χ4n) is 1.92. The Morgan fingerprint density at radius 3 is 2.55 bits per heavy atom. The summed E-state index contributed by atoms with van der Waals surface area (Å²) in [7, 11) is 0. The van der Waals surface area contributed by atoms with Gasteiger partial charge in [0.05, 0.1) is 5.69 Å². The van der Waals surface area contributed by atoms with Crippen molar-refractivity contribution in [3.63, 3.8) is 0 Å². The number of alkyl halides is 3. The molecule has 1 heterocycles. The van der Waals surface area contributed by atoms with Crippen LogP contribution < -0.4 is 0 Å². The number of hydrogen-bond acceptors (Lipinski definition) is 2. The van der Waals surface area contributed by atoms with Crippen LogP contribution in [-0.4, -0.2) is 39.9 Å². The monoisotopic (exact) mass is 309 g/mol. The van der Waals surface area contributed by atoms with Gasteiger partial charge in [-0.15, -0.1) is 6.58 Å². The van der Waals surface area contributed by atoms with Gasteiger partial charge in [0, 0.05) is 12.7 Å². The molecule has 4 nitrogen and oxygen atoms in total. The molecule has 1 aromatic heterocycles. The standard InChI is InChI=1S/C15H14F3N3O/c1-2-9-20(11-15(16,17)18)14(22)13-8-10-21(19-13)12-6-4-3-5-7-12/h2-8,10H,1,9,11H2. The highest BCUT2D eigenvalue weighted by Gasteiger charge is 2.33. The molecule has 1 amide bonds. The van der Waals surface area contributed by atoms with Gasteiger partial charge < -0.3 is 4.90 Å². The first-order chi connectivity index (χ1) is 10.4. The molecule has 0 N–H and O–H groups in total. The average molecular weight is 309 g/mol. The molecule has 0 radical (unpaired) electrons. The molecule has 2 aromatic rings. The van der Waals surface area contributed by atoms with Crippen LogP contribution in [0.25, 0.3) is 5.69 Å². The highest BCUT2D eigenvalue weighted by Crippen LogP contribution is 2.18. The predicted octanol–water partition coefficient (Wildman–Crippen LogP) is 3.06. The van der Waals surface area contributed by atoms with E-state index in [1.54, 1.807) is 24.3 Å². The van der Waals surface area contributed by atoms with Crippen molar-refractivity contribution >= 4 is 5.91 Å². The van der Waals surface area contributed by atoms with Gasteiger partial charge in [-0.2, -0.15) is 18.3 Å². The van der Waals surface area contributed by atoms with Crippen molar-refractivity contribution < 1.29 is 18.0 Å². The number of nitrogens with zero attached hydrogens (tertiary/aromatic N) is 3. The van der Waals surface area contributed by atoms with Crippen LogP contribution in [-0.2, 0) is 0 Å². The topological polar surface area (TPSA) is 38.1 Å². The Balaban J connectivity index is 2.21. The molecule has 1 aromatic carbocycles. The van der Waals surface area contributed by atoms with Crippen LogP contribution >= 0.6 is 0 Å². The Hall–Kier alpha value is -2.57. The predicted molar refractivity (Wildman–Crippen MR) is 75.7 cm³/mol. The van der Waals surface area contributed by atoms with Crippen molar-refractivity contribution in [2.75, 3.05) is 13.1 Å². The minimum Gasteiger partial charge on any atom is -0.324 e. The maximum atomic E-state index is 12.5. The summed E-state index contributed by atoms with van der Waals surface area (Å²) in [6, 6.07) is 10.4. The van der Waals surface area contributed by atoms with E-state index in [1.807, 2.05) is 6.07 Å². The van der Waals surface area contributed by atoms with Gasteiger partial charge in [0.2, 0.25) is 0 Å². The quantitative estimate of drug-likeness (QED) is 0.796. The van der Waals surface area contributed by atoms with E-state index in [9.17, 15) is 18.0 Å². The van der Waals surface area contributed by atoms with Gasteiger partial charge in [-0.3, -0.25) is 4.79 Å². The number of hydrogen-bond donors (Lipinski definition) is 0. The van der Waals surface area contributed by atoms with Crippen molar-refractivity contribution in [2.45, 2.75) is 6.18 Å². The molecule has 2 rings (SSSR count). The fourth-order valence-corrected chi connectivity index (χ4v) is 1.92. The molecule has 0 saturated carbocycles. The van der Waals surface area contributed by atoms with Crippen molar-refractivity contribution in [3.05, 3.63) is 60.9 Å². The summed E-state index contributed by atoms with van der Waals surface area (Å²) in [5.74, 6) is -0.785. The van der Waals surface area contributed by atoms with Gasteiger partial charge >= 0.3 is 6.18 Å². The summed E-state index contributed by atoms with van der Waals surface area (Å²) in [5.41, 5.74) is 0.669. The van der Waals surface area contributed by atoms with Gasteiger partial charge in [-0.25, -0.2) is 4.68 Å². The molecule has 0 bridgehead atoms. The van der Waals surface area contributed by atoms with Crippen molar-refractivity contribution in [1.29, 1.82) is 0 Å². The lowest BCUT2D eigenvalue weighted by Gasteiger charge is -2.21. The summed E-state index contributed by atoms with van der Waals surface area (Å²) in [6.45, 7) is 1.84. The highest BCUT2D eigenvalue weighted by molar-refractivity contribution is 5.92. The highest BCUT2D eigenvalue weighted by atomic mass is 19.4. The first-order valence-electron chi connectivity index (χ1n) is 6.49. The van der Waals surface area contributed by atoms with Crippen LogP contribution in [0.3, 0.4) is 0 Å². The Labute approximate surface area is 125 Å². The van der Waals surface area contributed by atoms with Gasteiger partial charge in [0.25, 0.3) is 5.91 Å². The molecule has 0 spiro atoms. The molecule has 0 atom stereocenters. The number of rotatable bonds is 5. The Bertz CT molecular complexity index is 650. The molecular formula is C15H14F3N3O. The third kappa shape index (κ3) is 3.97. The summed E-state index contributed by atoms with van der Waals surface area (Å²) in [5, 5.41) is 4.04. The van der Waals surface area contributed by atoms with Crippen LogP contribution in [0, 0.1) is 0 Å². The number of halogens is 3. The first kappa shape index (κ1) is 15.8. The van der Waals surface area contributed by atoms with Crippen molar-refractivity contribution in [1.82, 2.24) is 14.7 Å². The van der Waals surface area contributed by atoms with Gasteiger partial charge in [-0.1, -0.05) is 24.3 Å². The zero-order valence-electron chi connectivity index (χ0n) is 11.6. The number of carbonyl (C=O) groups is 1. The first-order valence-corrected chi connectivity index (χ1v) is 6.49. The number of amides is 1. The zero-order valence-corrected chi connectivity index (χ0v) is 11.6. The fraction of sp³-hybridized carbons (Fsp3) is 0.200. The third-order valence-corrected chi connectivity index (χ3v) is 2.84. The number of aromatic nitrogens is 2. The minimum atomic E-state index is -4.47. The minimum absolute atomic E-state index is 0.0463. The lowest BCUT2D eigenvalue weighted by Crippen LogP contribution is -2.39. The van der Waals surface area contributed by atoms with E-state index in [-0.39, 0.29) is 12.2 Å². The number of para-hydroxylation sites is 1. The smallest absolute Gasteiger partial charge is 0.324 e. The van der Waals surface area contributed by atoms with Crippen LogP contribution in [0.1, 0.15) is 10.5 Å². The molecule has 0 aliphatic heterocycles. The Kier molecular flexibility index (Phi) is 4.65. The molecule has 0 saturated heterocycles. The SMILES string of the molecule is C=CCN(CC(F)(F)F)C(=O)c1ccn(-c2ccccc2)n1. The third-order valence-electron chi connectivity index (χ3n) is 2.84. The second-order valence-electron chi connectivity index (χ2n) is 4.57. The second-order valence-corrected chi connectivity index (χ2v) is 4.57. The molecule has 0 fully saturated rings. The molecular weight excluding hydrogens is 295 g/mol. The van der Waals surface area contributed by atoms with Crippen molar-refractivity contribution in [2.24, 2.45) is 0 Å². The largest absolute Gasteiger partial charge is 0.406 e. The molecule has 116 valence electrons. The van der Waals surface area contributed by atoms with Crippen LogP contribution in [0.5, 0.6) is 0 Å². The summed E-state index contributed by atoms with van der Waals surface area (Å²) >= 11 is 0. The molecule has 0 aliphatic rings. The Morgan fingerprint density at radius 2 is 1.95 bits per heavy atom. The number of benzene rings is 1. The van der Waals surface area contributed by atoms with Gasteiger partial charge in [-0.05, 0) is 18.2 Å². The normalized spacial score (nSPS) is 11.2. The van der Waals surface area contributed by atoms with Gasteiger partial charge in [0.15, 0.2) is 5.69 Å². The average Bonchev–Trinajstić information content (AvgIpc) is 2.95. The van der Waals surface area contributed by atoms with E-state index in [1.165, 1.54) is 23.0 Å². The lowest BCUT2D eigenvalue weighted by molar-refractivity contribution is -0.139. The molecule has 7 heteroatoms. The van der Waals surface area contributed by atoms with E-state index in [2.05, 4.69) is 11.7 Å². The van der Waals surface area contributed by atoms with Crippen LogP contribution in [0.2, 0.25) is 0 Å². The van der Waals surface area contributed by atoms with E-state index < -0.39 is 18.6 Å². The van der Waals surface area contributed by atoms with Crippen molar-refractivity contribution in [3.8, 4) is 5.69 Å². The van der Waals surface area contributed by atoms with E-state index in [4.69, 9.17) is 0 Å². The molecule has 0 unspecified atom stereocenters. The maximum absolute atomic E-state index is 12.5. The zero-order chi connectivity index (χ0) is 16.2. The molecule has 0 aliphatic carbocycles. The summed E-state index contributed by atoms with van der Waals surface area (Å²) in [4.78, 5) is 12.8. The molecule has 22 heavy (non-hydrogen) atoms. The van der Waals surface area contributed by atoms with E-state index in [0.29, 0.717) is 10.6 Å². The van der Waals surface area contributed by atoms with Crippen LogP contribution in [0.15, 0.2) is 55.3 Å². The lowest BCUT2D eigenvalue weighted by atomic mass is 10.3.